The number of nitrogens with zero attached hydrogens (tertiary/aromatic N) is 2. The van der Waals surface area contributed by atoms with E-state index in [2.05, 4.69) is 5.10 Å². The van der Waals surface area contributed by atoms with E-state index in [-0.39, 0.29) is 17.6 Å². The number of benzene rings is 1. The highest BCUT2D eigenvalue weighted by molar-refractivity contribution is 6.34. The number of esters is 1. The molecule has 0 spiro atoms. The number of methoxy groups -OCH3 is 2. The van der Waals surface area contributed by atoms with Gasteiger partial charge >= 0.3 is 5.97 Å². The lowest BCUT2D eigenvalue weighted by Gasteiger charge is -2.36. The molecule has 3 rings (SSSR count). The van der Waals surface area contributed by atoms with Crippen LogP contribution in [0.25, 0.3) is 10.8 Å². The number of hydrogen-bond acceptors (Lipinski definition) is 5. The number of halogens is 1. The third-order valence-corrected chi connectivity index (χ3v) is 5.12. The highest BCUT2D eigenvalue weighted by atomic mass is 35.5. The van der Waals surface area contributed by atoms with E-state index >= 15 is 0 Å². The van der Waals surface area contributed by atoms with Crippen LogP contribution in [0, 0.1) is 0 Å². The topological polar surface area (TPSA) is 70.4 Å². The van der Waals surface area contributed by atoms with Crippen molar-refractivity contribution in [1.29, 1.82) is 0 Å². The van der Waals surface area contributed by atoms with Crippen molar-refractivity contribution in [3.63, 3.8) is 0 Å². The molecule has 7 heteroatoms. The lowest BCUT2D eigenvalue weighted by atomic mass is 9.82. The van der Waals surface area contributed by atoms with Crippen LogP contribution < -0.4 is 5.56 Å². The van der Waals surface area contributed by atoms with Crippen LogP contribution in [0.15, 0.2) is 29.1 Å². The summed E-state index contributed by atoms with van der Waals surface area (Å²) in [5.41, 5.74) is -1.10. The molecular weight excluding hydrogens is 332 g/mol. The number of fused-ring (bicyclic) bond motifs is 1. The van der Waals surface area contributed by atoms with Gasteiger partial charge in [0.05, 0.1) is 18.5 Å². The molecule has 0 bridgehead atoms. The molecule has 6 nitrogen and oxygen atoms in total. The average molecular weight is 351 g/mol. The van der Waals surface area contributed by atoms with Crippen molar-refractivity contribution in [2.45, 2.75) is 37.3 Å². The smallest absolute Gasteiger partial charge is 0.338 e. The third kappa shape index (κ3) is 2.70. The minimum Gasteiger partial charge on any atom is -0.467 e. The molecule has 1 fully saturated rings. The van der Waals surface area contributed by atoms with E-state index in [0.29, 0.717) is 41.6 Å². The van der Waals surface area contributed by atoms with Crippen LogP contribution in [0.3, 0.4) is 0 Å². The van der Waals surface area contributed by atoms with Crippen LogP contribution in [-0.2, 0) is 14.3 Å². The van der Waals surface area contributed by atoms with Gasteiger partial charge in [0.15, 0.2) is 10.8 Å². The first-order chi connectivity index (χ1) is 11.5. The van der Waals surface area contributed by atoms with Gasteiger partial charge in [0.1, 0.15) is 0 Å². The molecule has 1 aromatic carbocycles. The van der Waals surface area contributed by atoms with Gasteiger partial charge in [0.2, 0.25) is 0 Å². The minimum atomic E-state index is -0.935. The average Bonchev–Trinajstić information content (AvgIpc) is 2.64. The summed E-state index contributed by atoms with van der Waals surface area (Å²) in [5.74, 6) is -0.375. The molecule has 1 aliphatic carbocycles. The van der Waals surface area contributed by atoms with Crippen LogP contribution in [0.2, 0.25) is 5.15 Å². The summed E-state index contributed by atoms with van der Waals surface area (Å²) >= 11 is 6.24. The van der Waals surface area contributed by atoms with Gasteiger partial charge in [0, 0.05) is 12.5 Å². The van der Waals surface area contributed by atoms with Crippen molar-refractivity contribution in [3.8, 4) is 0 Å². The lowest BCUT2D eigenvalue weighted by molar-refractivity contribution is -0.171. The van der Waals surface area contributed by atoms with Crippen LogP contribution >= 0.6 is 11.6 Å². The first-order valence-electron chi connectivity index (χ1n) is 7.83. The second-order valence-electron chi connectivity index (χ2n) is 6.01. The predicted molar refractivity (Wildman–Crippen MR) is 90.3 cm³/mol. The lowest BCUT2D eigenvalue weighted by Crippen LogP contribution is -2.46. The monoisotopic (exact) mass is 350 g/mol. The zero-order chi connectivity index (χ0) is 17.3. The zero-order valence-corrected chi connectivity index (χ0v) is 14.4. The number of ether oxygens (including phenoxy) is 2. The summed E-state index contributed by atoms with van der Waals surface area (Å²) in [6, 6.07) is 7.04. The third-order valence-electron chi connectivity index (χ3n) is 4.84. The van der Waals surface area contributed by atoms with E-state index in [4.69, 9.17) is 21.1 Å². The Balaban J connectivity index is 1.93. The fourth-order valence-corrected chi connectivity index (χ4v) is 3.65. The van der Waals surface area contributed by atoms with Gasteiger partial charge < -0.3 is 9.47 Å². The molecule has 0 unspecified atom stereocenters. The summed E-state index contributed by atoms with van der Waals surface area (Å²) in [6.45, 7) is 0. The summed E-state index contributed by atoms with van der Waals surface area (Å²) in [4.78, 5) is 24.7. The number of aromatic nitrogens is 2. The Labute approximate surface area is 144 Å². The van der Waals surface area contributed by atoms with Crippen LogP contribution in [0.4, 0.5) is 0 Å². The van der Waals surface area contributed by atoms with Gasteiger partial charge in [-0.25, -0.2) is 9.48 Å². The molecule has 128 valence electrons. The molecule has 0 atom stereocenters. The minimum absolute atomic E-state index is 0.118. The molecule has 24 heavy (non-hydrogen) atoms. The SMILES string of the molecule is COC(=O)C1(OC)CCC(n2nc(Cl)c3ccccc3c2=O)CC1. The van der Waals surface area contributed by atoms with Gasteiger partial charge in [-0.05, 0) is 31.7 Å². The molecule has 1 aromatic heterocycles. The van der Waals surface area contributed by atoms with Gasteiger partial charge in [-0.15, -0.1) is 0 Å². The molecule has 1 heterocycles. The Kier molecular flexibility index (Phi) is 4.60. The van der Waals surface area contributed by atoms with Crippen molar-refractivity contribution in [3.05, 3.63) is 39.8 Å². The first kappa shape index (κ1) is 16.9. The van der Waals surface area contributed by atoms with Crippen LogP contribution in [0.1, 0.15) is 31.7 Å². The van der Waals surface area contributed by atoms with Gasteiger partial charge in [0.25, 0.3) is 5.56 Å². The van der Waals surface area contributed by atoms with E-state index in [1.54, 1.807) is 18.2 Å². The number of carbonyl (C=O) groups is 1. The van der Waals surface area contributed by atoms with E-state index in [1.807, 2.05) is 6.07 Å². The van der Waals surface area contributed by atoms with E-state index < -0.39 is 5.60 Å². The standard InChI is InChI=1S/C17H19ClN2O4/c1-23-16(22)17(24-2)9-7-11(8-10-17)20-15(21)13-6-4-3-5-12(13)14(18)19-20/h3-6,11H,7-10H2,1-2H3. The van der Waals surface area contributed by atoms with E-state index in [9.17, 15) is 9.59 Å². The van der Waals surface area contributed by atoms with Crippen molar-refractivity contribution in [1.82, 2.24) is 9.78 Å². The Hall–Kier alpha value is -1.92. The van der Waals surface area contributed by atoms with Gasteiger partial charge in [-0.1, -0.05) is 29.8 Å². The maximum Gasteiger partial charge on any atom is 0.338 e. The zero-order valence-electron chi connectivity index (χ0n) is 13.6. The molecule has 0 radical (unpaired) electrons. The summed E-state index contributed by atoms with van der Waals surface area (Å²) in [7, 11) is 2.86. The number of hydrogen-bond donors (Lipinski definition) is 0. The summed E-state index contributed by atoms with van der Waals surface area (Å²) < 4.78 is 11.7. The Morgan fingerprint density at radius 1 is 1.25 bits per heavy atom. The van der Waals surface area contributed by atoms with E-state index in [0.717, 1.165) is 0 Å². The van der Waals surface area contributed by atoms with Crippen molar-refractivity contribution in [2.24, 2.45) is 0 Å². The fraction of sp³-hybridized carbons (Fsp3) is 0.471. The van der Waals surface area contributed by atoms with E-state index in [1.165, 1.54) is 18.9 Å². The molecule has 0 amide bonds. The van der Waals surface area contributed by atoms with Crippen LogP contribution in [0.5, 0.6) is 0 Å². The Morgan fingerprint density at radius 3 is 2.46 bits per heavy atom. The largest absolute Gasteiger partial charge is 0.467 e. The highest BCUT2D eigenvalue weighted by Gasteiger charge is 2.44. The second-order valence-corrected chi connectivity index (χ2v) is 6.37. The molecular formula is C17H19ClN2O4. The molecule has 0 N–H and O–H groups in total. The van der Waals surface area contributed by atoms with Crippen molar-refractivity contribution in [2.75, 3.05) is 14.2 Å². The predicted octanol–water partition coefficient (Wildman–Crippen LogP) is 2.72. The summed E-state index contributed by atoms with van der Waals surface area (Å²) in [6.07, 6.45) is 2.12. The van der Waals surface area contributed by atoms with Gasteiger partial charge in [-0.3, -0.25) is 4.79 Å². The summed E-state index contributed by atoms with van der Waals surface area (Å²) in [5, 5.41) is 5.78. The van der Waals surface area contributed by atoms with Crippen molar-refractivity contribution >= 4 is 28.3 Å². The number of rotatable bonds is 3. The maximum atomic E-state index is 12.7. The Morgan fingerprint density at radius 2 is 1.88 bits per heavy atom. The van der Waals surface area contributed by atoms with Gasteiger partial charge in [-0.2, -0.15) is 5.10 Å². The molecule has 0 aliphatic heterocycles. The fourth-order valence-electron chi connectivity index (χ4n) is 3.41. The first-order valence-corrected chi connectivity index (χ1v) is 8.21. The molecule has 0 saturated heterocycles. The maximum absolute atomic E-state index is 12.7. The normalized spacial score (nSPS) is 24.0. The molecule has 2 aromatic rings. The number of carbonyl (C=O) groups excluding carboxylic acids is 1. The quantitative estimate of drug-likeness (QED) is 0.796. The molecule has 1 saturated carbocycles. The van der Waals surface area contributed by atoms with Crippen molar-refractivity contribution < 1.29 is 14.3 Å². The molecule has 1 aliphatic rings. The highest BCUT2D eigenvalue weighted by Crippen LogP contribution is 2.37. The second kappa shape index (κ2) is 6.53. The van der Waals surface area contributed by atoms with Crippen LogP contribution in [-0.4, -0.2) is 35.6 Å². The Bertz CT molecular complexity index is 825.